The largest absolute Gasteiger partial charge is 0.369 e. The maximum atomic E-state index is 12.1. The Labute approximate surface area is 144 Å². The van der Waals surface area contributed by atoms with Crippen LogP contribution in [-0.2, 0) is 4.79 Å². The average molecular weight is 323 g/mol. The number of aryl methyl sites for hydroxylation is 1. The summed E-state index contributed by atoms with van der Waals surface area (Å²) in [5.74, 6) is 0.0874. The standard InChI is InChI=1S/C20H25N3O/c1-17-7-9-18(10-8-17)21-20(24)11-12-22-13-15-23(16-14-22)19-5-3-2-4-6-19/h2-10H,11-16H2,1H3,(H,21,24). The lowest BCUT2D eigenvalue weighted by molar-refractivity contribution is -0.116. The molecule has 1 aliphatic heterocycles. The minimum Gasteiger partial charge on any atom is -0.369 e. The van der Waals surface area contributed by atoms with Crippen LogP contribution in [0, 0.1) is 6.92 Å². The smallest absolute Gasteiger partial charge is 0.225 e. The highest BCUT2D eigenvalue weighted by Crippen LogP contribution is 2.15. The molecular weight excluding hydrogens is 298 g/mol. The molecule has 1 amide bonds. The molecular formula is C20H25N3O. The van der Waals surface area contributed by atoms with Gasteiger partial charge in [-0.15, -0.1) is 0 Å². The van der Waals surface area contributed by atoms with Gasteiger partial charge >= 0.3 is 0 Å². The van der Waals surface area contributed by atoms with Crippen LogP contribution < -0.4 is 10.2 Å². The van der Waals surface area contributed by atoms with Gasteiger partial charge in [0, 0.05) is 50.5 Å². The molecule has 0 aromatic heterocycles. The SMILES string of the molecule is Cc1ccc(NC(=O)CCN2CCN(c3ccccc3)CC2)cc1. The fourth-order valence-electron chi connectivity index (χ4n) is 2.99. The molecule has 1 aliphatic rings. The molecule has 3 rings (SSSR count). The molecule has 0 spiro atoms. The van der Waals surface area contributed by atoms with E-state index in [-0.39, 0.29) is 5.91 Å². The Morgan fingerprint density at radius 2 is 1.62 bits per heavy atom. The van der Waals surface area contributed by atoms with E-state index in [0.29, 0.717) is 6.42 Å². The number of hydrogen-bond donors (Lipinski definition) is 1. The van der Waals surface area contributed by atoms with Crippen molar-refractivity contribution in [2.45, 2.75) is 13.3 Å². The van der Waals surface area contributed by atoms with Gasteiger partial charge in [-0.2, -0.15) is 0 Å². The number of benzene rings is 2. The summed E-state index contributed by atoms with van der Waals surface area (Å²) >= 11 is 0. The average Bonchev–Trinajstić information content (AvgIpc) is 2.63. The fraction of sp³-hybridized carbons (Fsp3) is 0.350. The normalized spacial score (nSPS) is 15.3. The topological polar surface area (TPSA) is 35.6 Å². The number of para-hydroxylation sites is 1. The number of hydrogen-bond acceptors (Lipinski definition) is 3. The zero-order chi connectivity index (χ0) is 16.8. The first-order chi connectivity index (χ1) is 11.7. The van der Waals surface area contributed by atoms with Crippen LogP contribution in [0.5, 0.6) is 0 Å². The quantitative estimate of drug-likeness (QED) is 0.918. The Hall–Kier alpha value is -2.33. The van der Waals surface area contributed by atoms with E-state index in [1.807, 2.05) is 37.3 Å². The van der Waals surface area contributed by atoms with Crippen molar-refractivity contribution in [2.24, 2.45) is 0 Å². The van der Waals surface area contributed by atoms with E-state index in [4.69, 9.17) is 0 Å². The van der Waals surface area contributed by atoms with Gasteiger partial charge in [0.2, 0.25) is 5.91 Å². The van der Waals surface area contributed by atoms with Gasteiger partial charge in [0.1, 0.15) is 0 Å². The second-order valence-electron chi connectivity index (χ2n) is 6.33. The predicted octanol–water partition coefficient (Wildman–Crippen LogP) is 3.15. The molecule has 0 aliphatic carbocycles. The van der Waals surface area contributed by atoms with Gasteiger partial charge in [-0.1, -0.05) is 35.9 Å². The zero-order valence-corrected chi connectivity index (χ0v) is 14.2. The van der Waals surface area contributed by atoms with Crippen LogP contribution in [0.2, 0.25) is 0 Å². The van der Waals surface area contributed by atoms with Crippen LogP contribution in [0.3, 0.4) is 0 Å². The van der Waals surface area contributed by atoms with Crippen LogP contribution in [0.15, 0.2) is 54.6 Å². The summed E-state index contributed by atoms with van der Waals surface area (Å²) < 4.78 is 0. The van der Waals surface area contributed by atoms with E-state index in [9.17, 15) is 4.79 Å². The van der Waals surface area contributed by atoms with Crippen molar-refractivity contribution in [3.63, 3.8) is 0 Å². The van der Waals surface area contributed by atoms with Crippen molar-refractivity contribution >= 4 is 17.3 Å². The van der Waals surface area contributed by atoms with Crippen LogP contribution in [0.25, 0.3) is 0 Å². The first-order valence-electron chi connectivity index (χ1n) is 8.59. The predicted molar refractivity (Wildman–Crippen MR) is 99.5 cm³/mol. The zero-order valence-electron chi connectivity index (χ0n) is 14.2. The third kappa shape index (κ3) is 4.59. The van der Waals surface area contributed by atoms with Crippen LogP contribution in [0.4, 0.5) is 11.4 Å². The Morgan fingerprint density at radius 1 is 0.958 bits per heavy atom. The second kappa shape index (κ2) is 7.97. The minimum atomic E-state index is 0.0874. The summed E-state index contributed by atoms with van der Waals surface area (Å²) in [5, 5.41) is 2.97. The summed E-state index contributed by atoms with van der Waals surface area (Å²) in [4.78, 5) is 16.9. The first-order valence-corrected chi connectivity index (χ1v) is 8.59. The lowest BCUT2D eigenvalue weighted by Crippen LogP contribution is -2.47. The van der Waals surface area contributed by atoms with Gasteiger partial charge in [-0.25, -0.2) is 0 Å². The van der Waals surface area contributed by atoms with Crippen molar-refractivity contribution in [1.29, 1.82) is 0 Å². The third-order valence-corrected chi connectivity index (χ3v) is 4.48. The Balaban J connectivity index is 1.40. The lowest BCUT2D eigenvalue weighted by atomic mass is 10.2. The Morgan fingerprint density at radius 3 is 2.29 bits per heavy atom. The van der Waals surface area contributed by atoms with Crippen LogP contribution >= 0.6 is 0 Å². The number of amides is 1. The van der Waals surface area contributed by atoms with Crippen molar-refractivity contribution in [1.82, 2.24) is 4.90 Å². The molecule has 0 unspecified atom stereocenters. The number of carbonyl (C=O) groups is 1. The van der Waals surface area contributed by atoms with E-state index in [0.717, 1.165) is 38.4 Å². The molecule has 126 valence electrons. The molecule has 0 saturated carbocycles. The highest BCUT2D eigenvalue weighted by atomic mass is 16.1. The van der Waals surface area contributed by atoms with E-state index >= 15 is 0 Å². The monoisotopic (exact) mass is 323 g/mol. The van der Waals surface area contributed by atoms with Crippen molar-refractivity contribution in [3.05, 3.63) is 60.2 Å². The van der Waals surface area contributed by atoms with Crippen LogP contribution in [0.1, 0.15) is 12.0 Å². The fourth-order valence-corrected chi connectivity index (χ4v) is 2.99. The summed E-state index contributed by atoms with van der Waals surface area (Å²) in [6.07, 6.45) is 0.541. The first kappa shape index (κ1) is 16.5. The van der Waals surface area contributed by atoms with Gasteiger partial charge in [0.15, 0.2) is 0 Å². The maximum Gasteiger partial charge on any atom is 0.225 e. The molecule has 24 heavy (non-hydrogen) atoms. The summed E-state index contributed by atoms with van der Waals surface area (Å²) in [5.41, 5.74) is 3.36. The molecule has 1 fully saturated rings. The van der Waals surface area contributed by atoms with Gasteiger partial charge in [0.05, 0.1) is 0 Å². The molecule has 1 saturated heterocycles. The molecule has 0 radical (unpaired) electrons. The number of anilines is 2. The summed E-state index contributed by atoms with van der Waals surface area (Å²) in [6, 6.07) is 18.4. The molecule has 4 nitrogen and oxygen atoms in total. The maximum absolute atomic E-state index is 12.1. The summed E-state index contributed by atoms with van der Waals surface area (Å²) in [7, 11) is 0. The minimum absolute atomic E-state index is 0.0874. The number of piperazine rings is 1. The molecule has 1 heterocycles. The molecule has 0 bridgehead atoms. The number of nitrogens with one attached hydrogen (secondary N) is 1. The number of rotatable bonds is 5. The van der Waals surface area contributed by atoms with Crippen LogP contribution in [-0.4, -0.2) is 43.5 Å². The summed E-state index contributed by atoms with van der Waals surface area (Å²) in [6.45, 7) is 6.91. The second-order valence-corrected chi connectivity index (χ2v) is 6.33. The molecule has 4 heteroatoms. The molecule has 0 atom stereocenters. The van der Waals surface area contributed by atoms with Crippen molar-refractivity contribution < 1.29 is 4.79 Å². The highest BCUT2D eigenvalue weighted by molar-refractivity contribution is 5.90. The number of nitrogens with zero attached hydrogens (tertiary/aromatic N) is 2. The van der Waals surface area contributed by atoms with E-state index < -0.39 is 0 Å². The molecule has 1 N–H and O–H groups in total. The van der Waals surface area contributed by atoms with E-state index in [1.54, 1.807) is 0 Å². The van der Waals surface area contributed by atoms with Gasteiger partial charge in [0.25, 0.3) is 0 Å². The van der Waals surface area contributed by atoms with Gasteiger partial charge in [-0.3, -0.25) is 9.69 Å². The van der Waals surface area contributed by atoms with Crippen molar-refractivity contribution in [2.75, 3.05) is 42.9 Å². The third-order valence-electron chi connectivity index (χ3n) is 4.48. The number of carbonyl (C=O) groups excluding carboxylic acids is 1. The lowest BCUT2D eigenvalue weighted by Gasteiger charge is -2.36. The van der Waals surface area contributed by atoms with E-state index in [2.05, 4.69) is 39.4 Å². The highest BCUT2D eigenvalue weighted by Gasteiger charge is 2.17. The van der Waals surface area contributed by atoms with Crippen molar-refractivity contribution in [3.8, 4) is 0 Å². The van der Waals surface area contributed by atoms with Gasteiger partial charge in [-0.05, 0) is 31.2 Å². The Kier molecular flexibility index (Phi) is 5.49. The van der Waals surface area contributed by atoms with E-state index in [1.165, 1.54) is 11.3 Å². The molecule has 2 aromatic carbocycles. The molecule has 2 aromatic rings. The van der Waals surface area contributed by atoms with Gasteiger partial charge < -0.3 is 10.2 Å². The Bertz CT molecular complexity index is 646.